The number of hydrogen-bond donors (Lipinski definition) is 3. The number of fused-ring (bicyclic) bond motifs is 1. The van der Waals surface area contributed by atoms with Crippen molar-refractivity contribution in [1.29, 1.82) is 0 Å². The quantitative estimate of drug-likeness (QED) is 0.642. The highest BCUT2D eigenvalue weighted by molar-refractivity contribution is 5.83. The van der Waals surface area contributed by atoms with Crippen molar-refractivity contribution in [2.75, 3.05) is 46.0 Å². The van der Waals surface area contributed by atoms with Crippen LogP contribution in [0.2, 0.25) is 0 Å². The Hall–Kier alpha value is -2.00. The fourth-order valence-electron chi connectivity index (χ4n) is 3.61. The zero-order valence-electron chi connectivity index (χ0n) is 15.3. The maximum absolute atomic E-state index is 12.4. The van der Waals surface area contributed by atoms with Gasteiger partial charge in [-0.05, 0) is 18.9 Å². The van der Waals surface area contributed by atoms with Crippen molar-refractivity contribution in [1.82, 2.24) is 20.6 Å². The Bertz CT molecular complexity index is 813. The third-order valence-corrected chi connectivity index (χ3v) is 4.97. The standard InChI is InChI=1S/C19H26N4O4/c24-19-18-15(17-11-21-4-7-27-17)8-14(9-16(18)22-12-23-19)25-5-1-2-13-10-20-3-6-26-13/h8-9,12-13,17,20-21H,1-7,10-11H2,(H,22,23,24). The summed E-state index contributed by atoms with van der Waals surface area (Å²) in [5.74, 6) is 0.715. The van der Waals surface area contributed by atoms with Gasteiger partial charge in [-0.2, -0.15) is 0 Å². The molecule has 1 aromatic heterocycles. The van der Waals surface area contributed by atoms with Crippen molar-refractivity contribution in [3.05, 3.63) is 34.4 Å². The molecule has 2 aromatic rings. The topological polar surface area (TPSA) is 97.5 Å². The predicted octanol–water partition coefficient (Wildman–Crippen LogP) is 0.731. The van der Waals surface area contributed by atoms with E-state index in [0.717, 1.165) is 44.6 Å². The molecule has 3 heterocycles. The van der Waals surface area contributed by atoms with Crippen LogP contribution in [-0.4, -0.2) is 62.1 Å². The second kappa shape index (κ2) is 8.79. The van der Waals surface area contributed by atoms with Gasteiger partial charge in [-0.3, -0.25) is 4.79 Å². The van der Waals surface area contributed by atoms with Crippen LogP contribution < -0.4 is 20.9 Å². The highest BCUT2D eigenvalue weighted by Gasteiger charge is 2.21. The van der Waals surface area contributed by atoms with Gasteiger partial charge in [0.2, 0.25) is 0 Å². The van der Waals surface area contributed by atoms with Crippen LogP contribution in [0.4, 0.5) is 0 Å². The van der Waals surface area contributed by atoms with E-state index in [1.807, 2.05) is 12.1 Å². The molecule has 8 heteroatoms. The summed E-state index contributed by atoms with van der Waals surface area (Å²) in [5.41, 5.74) is 1.29. The number of nitrogens with one attached hydrogen (secondary N) is 3. The number of aromatic amines is 1. The van der Waals surface area contributed by atoms with Crippen LogP contribution in [0.3, 0.4) is 0 Å². The maximum Gasteiger partial charge on any atom is 0.258 e. The first-order chi connectivity index (χ1) is 13.3. The highest BCUT2D eigenvalue weighted by Crippen LogP contribution is 2.29. The van der Waals surface area contributed by atoms with E-state index in [-0.39, 0.29) is 17.8 Å². The maximum atomic E-state index is 12.4. The molecule has 2 aliphatic rings. The first kappa shape index (κ1) is 18.4. The summed E-state index contributed by atoms with van der Waals surface area (Å²) in [6, 6.07) is 3.73. The van der Waals surface area contributed by atoms with E-state index in [2.05, 4.69) is 20.6 Å². The second-order valence-electron chi connectivity index (χ2n) is 6.89. The van der Waals surface area contributed by atoms with Gasteiger partial charge >= 0.3 is 0 Å². The number of nitrogens with zero attached hydrogens (tertiary/aromatic N) is 1. The molecule has 0 bridgehead atoms. The van der Waals surface area contributed by atoms with E-state index in [1.54, 1.807) is 0 Å². The first-order valence-electron chi connectivity index (χ1n) is 9.60. The minimum atomic E-state index is -0.184. The Balaban J connectivity index is 1.48. The van der Waals surface area contributed by atoms with Crippen LogP contribution in [0.5, 0.6) is 5.75 Å². The fourth-order valence-corrected chi connectivity index (χ4v) is 3.61. The molecule has 0 spiro atoms. The van der Waals surface area contributed by atoms with Gasteiger partial charge in [0.25, 0.3) is 5.56 Å². The number of rotatable bonds is 6. The largest absolute Gasteiger partial charge is 0.494 e. The van der Waals surface area contributed by atoms with E-state index in [4.69, 9.17) is 14.2 Å². The predicted molar refractivity (Wildman–Crippen MR) is 101 cm³/mol. The van der Waals surface area contributed by atoms with Crippen LogP contribution in [-0.2, 0) is 9.47 Å². The minimum absolute atomic E-state index is 0.155. The fraction of sp³-hybridized carbons (Fsp3) is 0.579. The second-order valence-corrected chi connectivity index (χ2v) is 6.89. The molecule has 2 fully saturated rings. The van der Waals surface area contributed by atoms with Crippen molar-refractivity contribution < 1.29 is 14.2 Å². The molecular formula is C19H26N4O4. The third kappa shape index (κ3) is 4.47. The van der Waals surface area contributed by atoms with E-state index >= 15 is 0 Å². The molecular weight excluding hydrogens is 348 g/mol. The Kier molecular flexibility index (Phi) is 5.98. The number of H-pyrrole nitrogens is 1. The van der Waals surface area contributed by atoms with Crippen molar-refractivity contribution in [3.8, 4) is 5.75 Å². The zero-order valence-corrected chi connectivity index (χ0v) is 15.3. The number of aromatic nitrogens is 2. The molecule has 2 saturated heterocycles. The van der Waals surface area contributed by atoms with Crippen molar-refractivity contribution in [2.24, 2.45) is 0 Å². The Morgan fingerprint density at radius 2 is 2.00 bits per heavy atom. The summed E-state index contributed by atoms with van der Waals surface area (Å²) in [6.07, 6.45) is 3.37. The molecule has 8 nitrogen and oxygen atoms in total. The van der Waals surface area contributed by atoms with Crippen LogP contribution >= 0.6 is 0 Å². The average molecular weight is 374 g/mol. The Morgan fingerprint density at radius 3 is 2.78 bits per heavy atom. The van der Waals surface area contributed by atoms with E-state index in [1.165, 1.54) is 6.33 Å². The summed E-state index contributed by atoms with van der Waals surface area (Å²) in [7, 11) is 0. The average Bonchev–Trinajstić information content (AvgIpc) is 2.72. The summed E-state index contributed by atoms with van der Waals surface area (Å²) in [6.45, 7) is 5.30. The number of benzene rings is 1. The summed E-state index contributed by atoms with van der Waals surface area (Å²) in [4.78, 5) is 19.3. The number of hydrogen-bond acceptors (Lipinski definition) is 7. The monoisotopic (exact) mass is 374 g/mol. The highest BCUT2D eigenvalue weighted by atomic mass is 16.5. The van der Waals surface area contributed by atoms with Gasteiger partial charge in [0.1, 0.15) is 5.75 Å². The SMILES string of the molecule is O=c1[nH]cnc2cc(OCCCC3CNCCO3)cc(C3CNCCO3)c12. The zero-order chi connectivity index (χ0) is 18.5. The van der Waals surface area contributed by atoms with Gasteiger partial charge in [-0.15, -0.1) is 0 Å². The molecule has 2 atom stereocenters. The first-order valence-corrected chi connectivity index (χ1v) is 9.60. The molecule has 0 radical (unpaired) electrons. The van der Waals surface area contributed by atoms with E-state index < -0.39 is 0 Å². The van der Waals surface area contributed by atoms with Crippen LogP contribution in [0.25, 0.3) is 10.9 Å². The van der Waals surface area contributed by atoms with Crippen molar-refractivity contribution in [2.45, 2.75) is 25.0 Å². The van der Waals surface area contributed by atoms with Gasteiger partial charge in [-0.25, -0.2) is 4.98 Å². The molecule has 2 unspecified atom stereocenters. The summed E-state index contributed by atoms with van der Waals surface area (Å²) < 4.78 is 17.5. The van der Waals surface area contributed by atoms with Gasteiger partial charge in [0, 0.05) is 37.8 Å². The lowest BCUT2D eigenvalue weighted by molar-refractivity contribution is 0.0203. The minimum Gasteiger partial charge on any atom is -0.494 e. The molecule has 27 heavy (non-hydrogen) atoms. The molecule has 1 aromatic carbocycles. The van der Waals surface area contributed by atoms with Crippen molar-refractivity contribution in [3.63, 3.8) is 0 Å². The molecule has 4 rings (SSSR count). The van der Waals surface area contributed by atoms with E-state index in [0.29, 0.717) is 36.4 Å². The molecule has 0 saturated carbocycles. The Morgan fingerprint density at radius 1 is 1.15 bits per heavy atom. The van der Waals surface area contributed by atoms with Gasteiger partial charge in [-0.1, -0.05) is 0 Å². The molecule has 0 aliphatic carbocycles. The molecule has 0 amide bonds. The number of ether oxygens (including phenoxy) is 3. The molecule has 146 valence electrons. The lowest BCUT2D eigenvalue weighted by atomic mass is 10.0. The smallest absolute Gasteiger partial charge is 0.258 e. The summed E-state index contributed by atoms with van der Waals surface area (Å²) in [5, 5.41) is 7.21. The Labute approximate surface area is 157 Å². The normalized spacial score (nSPS) is 23.4. The van der Waals surface area contributed by atoms with Crippen LogP contribution in [0, 0.1) is 0 Å². The van der Waals surface area contributed by atoms with Crippen LogP contribution in [0.15, 0.2) is 23.3 Å². The lowest BCUT2D eigenvalue weighted by Gasteiger charge is -2.25. The molecule has 3 N–H and O–H groups in total. The van der Waals surface area contributed by atoms with Crippen molar-refractivity contribution >= 4 is 10.9 Å². The lowest BCUT2D eigenvalue weighted by Crippen LogP contribution is -2.38. The van der Waals surface area contributed by atoms with Gasteiger partial charge in [0.15, 0.2) is 0 Å². The molecule has 2 aliphatic heterocycles. The van der Waals surface area contributed by atoms with Crippen LogP contribution in [0.1, 0.15) is 24.5 Å². The van der Waals surface area contributed by atoms with E-state index in [9.17, 15) is 4.79 Å². The third-order valence-electron chi connectivity index (χ3n) is 4.97. The van der Waals surface area contributed by atoms with Gasteiger partial charge < -0.3 is 29.8 Å². The number of morpholine rings is 2. The summed E-state index contributed by atoms with van der Waals surface area (Å²) >= 11 is 0. The van der Waals surface area contributed by atoms with Gasteiger partial charge in [0.05, 0.1) is 49.3 Å².